The molecule has 116 valence electrons. The molecule has 1 unspecified atom stereocenters. The van der Waals surface area contributed by atoms with Gasteiger partial charge < -0.3 is 15.1 Å². The number of nitrogens with one attached hydrogen (secondary N) is 1. The number of likely N-dealkylation sites (N-methyl/N-ethyl adjacent to an activating group) is 2. The minimum atomic E-state index is -0.0511. The molecule has 6 heteroatoms. The fourth-order valence-electron chi connectivity index (χ4n) is 2.60. The van der Waals surface area contributed by atoms with E-state index in [-0.39, 0.29) is 11.9 Å². The smallest absolute Gasteiger partial charge is 0.274 e. The third-order valence-corrected chi connectivity index (χ3v) is 3.91. The van der Waals surface area contributed by atoms with Crippen molar-refractivity contribution in [1.29, 1.82) is 0 Å². The van der Waals surface area contributed by atoms with Crippen LogP contribution in [-0.4, -0.2) is 65.7 Å². The summed E-state index contributed by atoms with van der Waals surface area (Å²) in [6.07, 6.45) is 3.21. The highest BCUT2D eigenvalue weighted by molar-refractivity contribution is 5.92. The van der Waals surface area contributed by atoms with E-state index in [9.17, 15) is 4.79 Å². The first kappa shape index (κ1) is 15.7. The number of carbonyl (C=O) groups is 1. The third-order valence-electron chi connectivity index (χ3n) is 3.91. The lowest BCUT2D eigenvalue weighted by Gasteiger charge is -2.35. The van der Waals surface area contributed by atoms with Crippen LogP contribution in [0.5, 0.6) is 0 Å². The SMILES string of the molecule is CCCNc1ccc(C(=O)N(C)C2CCCN(C)C2)nn1. The Hall–Kier alpha value is -1.69. The van der Waals surface area contributed by atoms with Crippen molar-refractivity contribution in [2.75, 3.05) is 39.0 Å². The van der Waals surface area contributed by atoms with Crippen LogP contribution in [0, 0.1) is 0 Å². The predicted octanol–water partition coefficient (Wildman–Crippen LogP) is 1.46. The lowest BCUT2D eigenvalue weighted by Crippen LogP contribution is -2.47. The first-order valence-electron chi connectivity index (χ1n) is 7.65. The van der Waals surface area contributed by atoms with Gasteiger partial charge in [-0.15, -0.1) is 10.2 Å². The zero-order chi connectivity index (χ0) is 15.2. The minimum Gasteiger partial charge on any atom is -0.369 e. The lowest BCUT2D eigenvalue weighted by atomic mass is 10.0. The molecular formula is C15H25N5O. The fraction of sp³-hybridized carbons (Fsp3) is 0.667. The van der Waals surface area contributed by atoms with Gasteiger partial charge in [0.25, 0.3) is 5.91 Å². The maximum Gasteiger partial charge on any atom is 0.274 e. The molecule has 1 N–H and O–H groups in total. The number of amides is 1. The quantitative estimate of drug-likeness (QED) is 0.890. The van der Waals surface area contributed by atoms with Gasteiger partial charge in [-0.25, -0.2) is 0 Å². The molecule has 21 heavy (non-hydrogen) atoms. The van der Waals surface area contributed by atoms with E-state index in [1.807, 2.05) is 13.1 Å². The van der Waals surface area contributed by atoms with Gasteiger partial charge >= 0.3 is 0 Å². The monoisotopic (exact) mass is 291 g/mol. The molecule has 0 spiro atoms. The van der Waals surface area contributed by atoms with Crippen molar-refractivity contribution in [2.45, 2.75) is 32.2 Å². The molecule has 1 aromatic heterocycles. The molecule has 0 aliphatic carbocycles. The average Bonchev–Trinajstić information content (AvgIpc) is 2.52. The number of nitrogens with zero attached hydrogens (tertiary/aromatic N) is 4. The van der Waals surface area contributed by atoms with Crippen LogP contribution in [0.15, 0.2) is 12.1 Å². The van der Waals surface area contributed by atoms with Crippen molar-refractivity contribution in [1.82, 2.24) is 20.0 Å². The van der Waals surface area contributed by atoms with Crippen LogP contribution in [0.3, 0.4) is 0 Å². The van der Waals surface area contributed by atoms with Gasteiger partial charge in [-0.1, -0.05) is 6.92 Å². The minimum absolute atomic E-state index is 0.0511. The Bertz CT molecular complexity index is 462. The van der Waals surface area contributed by atoms with Crippen LogP contribution in [0.2, 0.25) is 0 Å². The Morgan fingerprint density at radius 1 is 1.48 bits per heavy atom. The molecule has 0 bridgehead atoms. The van der Waals surface area contributed by atoms with E-state index >= 15 is 0 Å². The first-order valence-corrected chi connectivity index (χ1v) is 7.65. The normalized spacial score (nSPS) is 19.3. The summed E-state index contributed by atoms with van der Waals surface area (Å²) in [7, 11) is 3.95. The van der Waals surface area contributed by atoms with Crippen molar-refractivity contribution < 1.29 is 4.79 Å². The van der Waals surface area contributed by atoms with E-state index < -0.39 is 0 Å². The van der Waals surface area contributed by atoms with Gasteiger partial charge in [0.1, 0.15) is 5.82 Å². The van der Waals surface area contributed by atoms with Crippen LogP contribution < -0.4 is 5.32 Å². The van der Waals surface area contributed by atoms with Crippen molar-refractivity contribution in [3.63, 3.8) is 0 Å². The second kappa shape index (κ2) is 7.36. The number of rotatable bonds is 5. The van der Waals surface area contributed by atoms with E-state index in [0.29, 0.717) is 11.5 Å². The van der Waals surface area contributed by atoms with Gasteiger partial charge in [-0.3, -0.25) is 4.79 Å². The molecule has 1 aliphatic heterocycles. The highest BCUT2D eigenvalue weighted by Crippen LogP contribution is 2.15. The van der Waals surface area contributed by atoms with Gasteiger partial charge in [-0.05, 0) is 45.0 Å². The van der Waals surface area contributed by atoms with Gasteiger partial charge in [0.05, 0.1) is 0 Å². The molecule has 1 fully saturated rings. The molecular weight excluding hydrogens is 266 g/mol. The Balaban J connectivity index is 1.98. The summed E-state index contributed by atoms with van der Waals surface area (Å²) < 4.78 is 0. The number of anilines is 1. The largest absolute Gasteiger partial charge is 0.369 e. The number of hydrogen-bond acceptors (Lipinski definition) is 5. The van der Waals surface area contributed by atoms with E-state index in [2.05, 4.69) is 34.4 Å². The topological polar surface area (TPSA) is 61.4 Å². The number of aromatic nitrogens is 2. The molecule has 2 heterocycles. The van der Waals surface area contributed by atoms with Crippen LogP contribution >= 0.6 is 0 Å². The summed E-state index contributed by atoms with van der Waals surface area (Å²) in [5.74, 6) is 0.665. The standard InChI is InChI=1S/C15H25N5O/c1-4-9-16-14-8-7-13(17-18-14)15(21)20(3)12-6-5-10-19(2)11-12/h7-8,12H,4-6,9-11H2,1-3H3,(H,16,18). The molecule has 0 radical (unpaired) electrons. The maximum atomic E-state index is 12.5. The molecule has 2 rings (SSSR count). The first-order chi connectivity index (χ1) is 10.1. The molecule has 1 aliphatic rings. The highest BCUT2D eigenvalue weighted by Gasteiger charge is 2.25. The Labute approximate surface area is 126 Å². The molecule has 1 atom stereocenters. The van der Waals surface area contributed by atoms with Gasteiger partial charge in [-0.2, -0.15) is 0 Å². The van der Waals surface area contributed by atoms with Gasteiger partial charge in [0, 0.05) is 26.2 Å². The Morgan fingerprint density at radius 3 is 2.90 bits per heavy atom. The number of hydrogen-bond donors (Lipinski definition) is 1. The summed E-state index contributed by atoms with van der Waals surface area (Å²) >= 11 is 0. The summed E-state index contributed by atoms with van der Waals surface area (Å²) in [5, 5.41) is 11.3. The molecule has 0 aromatic carbocycles. The van der Waals surface area contributed by atoms with E-state index in [1.165, 1.54) is 0 Å². The Kier molecular flexibility index (Phi) is 5.50. The molecule has 1 aromatic rings. The third kappa shape index (κ3) is 4.14. The second-order valence-corrected chi connectivity index (χ2v) is 5.70. The summed E-state index contributed by atoms with van der Waals surface area (Å²) in [5.41, 5.74) is 0.410. The Morgan fingerprint density at radius 2 is 2.29 bits per heavy atom. The summed E-state index contributed by atoms with van der Waals surface area (Å²) in [6.45, 7) is 4.98. The zero-order valence-corrected chi connectivity index (χ0v) is 13.2. The number of carbonyl (C=O) groups excluding carboxylic acids is 1. The maximum absolute atomic E-state index is 12.5. The van der Waals surface area contributed by atoms with E-state index in [0.717, 1.165) is 38.9 Å². The average molecular weight is 291 g/mol. The van der Waals surface area contributed by atoms with Crippen molar-refractivity contribution >= 4 is 11.7 Å². The van der Waals surface area contributed by atoms with Crippen LogP contribution in [0.4, 0.5) is 5.82 Å². The number of likely N-dealkylation sites (tertiary alicyclic amines) is 1. The molecule has 1 amide bonds. The van der Waals surface area contributed by atoms with Crippen molar-refractivity contribution in [3.05, 3.63) is 17.8 Å². The number of piperidine rings is 1. The molecule has 6 nitrogen and oxygen atoms in total. The van der Waals surface area contributed by atoms with Crippen molar-refractivity contribution in [3.8, 4) is 0 Å². The van der Waals surface area contributed by atoms with Gasteiger partial charge in [0.15, 0.2) is 5.69 Å². The van der Waals surface area contributed by atoms with E-state index in [1.54, 1.807) is 11.0 Å². The van der Waals surface area contributed by atoms with E-state index in [4.69, 9.17) is 0 Å². The fourth-order valence-corrected chi connectivity index (χ4v) is 2.60. The summed E-state index contributed by atoms with van der Waals surface area (Å²) in [6, 6.07) is 3.82. The second-order valence-electron chi connectivity index (χ2n) is 5.70. The van der Waals surface area contributed by atoms with Crippen LogP contribution in [-0.2, 0) is 0 Å². The van der Waals surface area contributed by atoms with Crippen LogP contribution in [0.25, 0.3) is 0 Å². The van der Waals surface area contributed by atoms with Crippen LogP contribution in [0.1, 0.15) is 36.7 Å². The molecule has 0 saturated carbocycles. The van der Waals surface area contributed by atoms with Gasteiger partial charge in [0.2, 0.25) is 0 Å². The predicted molar refractivity (Wildman–Crippen MR) is 83.4 cm³/mol. The molecule has 1 saturated heterocycles. The summed E-state index contributed by atoms with van der Waals surface area (Å²) in [4.78, 5) is 16.5. The lowest BCUT2D eigenvalue weighted by molar-refractivity contribution is 0.0637. The van der Waals surface area contributed by atoms with Crippen molar-refractivity contribution in [2.24, 2.45) is 0 Å². The zero-order valence-electron chi connectivity index (χ0n) is 13.2. The highest BCUT2D eigenvalue weighted by atomic mass is 16.2.